The molecule has 2 amide bonds. The van der Waals surface area contributed by atoms with Crippen LogP contribution in [0, 0.1) is 0 Å². The van der Waals surface area contributed by atoms with E-state index in [9.17, 15) is 4.79 Å². The minimum atomic E-state index is -0.257. The third kappa shape index (κ3) is 9.42. The molecule has 0 saturated carbocycles. The summed E-state index contributed by atoms with van der Waals surface area (Å²) >= 11 is 0. The number of nitrogens with one attached hydrogen (secondary N) is 3. The largest absolute Gasteiger partial charge is 0.487 e. The molecule has 0 saturated heterocycles. The number of hydrogen-bond acceptors (Lipinski definition) is 3. The van der Waals surface area contributed by atoms with Crippen LogP contribution in [0.2, 0.25) is 0 Å². The van der Waals surface area contributed by atoms with Crippen molar-refractivity contribution in [1.82, 2.24) is 10.6 Å². The second-order valence-corrected chi connectivity index (χ2v) is 6.37. The van der Waals surface area contributed by atoms with Gasteiger partial charge in [0.05, 0.1) is 5.69 Å². The number of ether oxygens (including phenoxy) is 1. The van der Waals surface area contributed by atoms with Gasteiger partial charge in [-0.1, -0.05) is 63.6 Å². The molecule has 0 spiro atoms. The van der Waals surface area contributed by atoms with E-state index in [4.69, 9.17) is 4.74 Å². The molecule has 0 aliphatic carbocycles. The lowest BCUT2D eigenvalue weighted by Gasteiger charge is -2.14. The minimum absolute atomic E-state index is 0.257. The highest BCUT2D eigenvalue weighted by Crippen LogP contribution is 2.27. The van der Waals surface area contributed by atoms with Gasteiger partial charge in [0.1, 0.15) is 12.4 Å². The molecule has 0 bridgehead atoms. The van der Waals surface area contributed by atoms with Gasteiger partial charge in [-0.05, 0) is 49.2 Å². The number of urea groups is 1. The van der Waals surface area contributed by atoms with E-state index in [1.165, 1.54) is 19.4 Å². The number of carbonyl (C=O) groups is 1. The number of hydrogen-bond donors (Lipinski definition) is 3. The molecule has 0 radical (unpaired) electrons. The number of carbonyl (C=O) groups excluding carboxylic acids is 1. The molecule has 0 aliphatic heterocycles. The Bertz CT molecular complexity index is 671. The van der Waals surface area contributed by atoms with Crippen molar-refractivity contribution < 1.29 is 9.53 Å². The van der Waals surface area contributed by atoms with Crippen molar-refractivity contribution >= 4 is 11.7 Å². The van der Waals surface area contributed by atoms with Gasteiger partial charge in [-0.2, -0.15) is 0 Å². The van der Waals surface area contributed by atoms with Crippen molar-refractivity contribution in [2.45, 2.75) is 46.6 Å². The molecule has 0 aromatic heterocycles. The van der Waals surface area contributed by atoms with Crippen molar-refractivity contribution in [1.29, 1.82) is 0 Å². The lowest BCUT2D eigenvalue weighted by Crippen LogP contribution is -2.24. The molecular weight excluding hydrogens is 350 g/mol. The second-order valence-electron chi connectivity index (χ2n) is 6.37. The molecule has 0 fully saturated rings. The summed E-state index contributed by atoms with van der Waals surface area (Å²) in [7, 11) is 1.59. The molecule has 2 aromatic carbocycles. The number of aryl methyl sites for hydroxylation is 1. The highest BCUT2D eigenvalue weighted by atomic mass is 16.5. The van der Waals surface area contributed by atoms with Gasteiger partial charge < -0.3 is 20.7 Å². The summed E-state index contributed by atoms with van der Waals surface area (Å²) in [6.45, 7) is 9.18. The van der Waals surface area contributed by atoms with Crippen molar-refractivity contribution in [3.05, 3.63) is 59.7 Å². The number of rotatable bonds is 9. The summed E-state index contributed by atoms with van der Waals surface area (Å²) in [6, 6.07) is 15.5. The van der Waals surface area contributed by atoms with Crippen molar-refractivity contribution in [3.63, 3.8) is 0 Å². The van der Waals surface area contributed by atoms with Gasteiger partial charge in [0.2, 0.25) is 0 Å². The van der Waals surface area contributed by atoms with Crippen LogP contribution in [0.15, 0.2) is 48.5 Å². The number of anilines is 1. The van der Waals surface area contributed by atoms with Gasteiger partial charge >= 0.3 is 6.03 Å². The van der Waals surface area contributed by atoms with E-state index >= 15 is 0 Å². The average Bonchev–Trinajstić information content (AvgIpc) is 2.74. The van der Waals surface area contributed by atoms with Gasteiger partial charge in [-0.3, -0.25) is 0 Å². The normalized spacial score (nSPS) is 9.86. The molecule has 154 valence electrons. The molecule has 28 heavy (non-hydrogen) atoms. The molecule has 0 aliphatic rings. The van der Waals surface area contributed by atoms with Crippen LogP contribution in [0.25, 0.3) is 0 Å². The van der Waals surface area contributed by atoms with Crippen molar-refractivity contribution in [2.75, 3.05) is 25.5 Å². The van der Waals surface area contributed by atoms with E-state index in [2.05, 4.69) is 36.7 Å². The standard InChI is InChI=1S/C17H20N2O2.C6H15N/c1-3-13-9-10-16(15(11-13)19-17(20)18-2)21-12-14-7-5-4-6-8-14;1-3-5-6-7-4-2/h4-11H,3,12H2,1-2H3,(H2,18,19,20);7H,3-6H2,1-2H3. The van der Waals surface area contributed by atoms with Crippen LogP contribution in [0.3, 0.4) is 0 Å². The Labute approximate surface area is 169 Å². The van der Waals surface area contributed by atoms with Gasteiger partial charge in [0.25, 0.3) is 0 Å². The van der Waals surface area contributed by atoms with E-state index in [-0.39, 0.29) is 6.03 Å². The minimum Gasteiger partial charge on any atom is -0.487 e. The lowest BCUT2D eigenvalue weighted by atomic mass is 10.1. The molecule has 2 rings (SSSR count). The Kier molecular flexibility index (Phi) is 12.2. The summed E-state index contributed by atoms with van der Waals surface area (Å²) in [4.78, 5) is 11.5. The van der Waals surface area contributed by atoms with Crippen LogP contribution in [-0.4, -0.2) is 26.2 Å². The maximum absolute atomic E-state index is 11.5. The van der Waals surface area contributed by atoms with Crippen molar-refractivity contribution in [2.24, 2.45) is 0 Å². The monoisotopic (exact) mass is 385 g/mol. The molecule has 5 heteroatoms. The van der Waals surface area contributed by atoms with Gasteiger partial charge in [-0.25, -0.2) is 4.79 Å². The average molecular weight is 386 g/mol. The molecule has 3 N–H and O–H groups in total. The fraction of sp³-hybridized carbons (Fsp3) is 0.435. The van der Waals surface area contributed by atoms with E-state index < -0.39 is 0 Å². The first kappa shape index (κ1) is 23.5. The zero-order valence-electron chi connectivity index (χ0n) is 17.7. The fourth-order valence-corrected chi connectivity index (χ4v) is 2.42. The van der Waals surface area contributed by atoms with Crippen LogP contribution in [-0.2, 0) is 13.0 Å². The number of benzene rings is 2. The highest BCUT2D eigenvalue weighted by molar-refractivity contribution is 5.90. The fourth-order valence-electron chi connectivity index (χ4n) is 2.42. The predicted molar refractivity (Wildman–Crippen MR) is 118 cm³/mol. The Hall–Kier alpha value is -2.53. The third-order valence-electron chi connectivity index (χ3n) is 4.12. The van der Waals surface area contributed by atoms with Crippen LogP contribution in [0.5, 0.6) is 5.75 Å². The maximum atomic E-state index is 11.5. The maximum Gasteiger partial charge on any atom is 0.319 e. The van der Waals surface area contributed by atoms with E-state index in [0.29, 0.717) is 18.0 Å². The summed E-state index contributed by atoms with van der Waals surface area (Å²) in [6.07, 6.45) is 3.52. The SMILES string of the molecule is CCCCNCC.CCc1ccc(OCc2ccccc2)c(NC(=O)NC)c1. The Morgan fingerprint density at radius 2 is 1.75 bits per heavy atom. The summed E-state index contributed by atoms with van der Waals surface area (Å²) in [5.74, 6) is 0.666. The molecule has 0 atom stereocenters. The molecule has 0 unspecified atom stereocenters. The summed E-state index contributed by atoms with van der Waals surface area (Å²) in [5.41, 5.74) is 2.92. The Morgan fingerprint density at radius 3 is 2.36 bits per heavy atom. The Morgan fingerprint density at radius 1 is 1.00 bits per heavy atom. The molecule has 2 aromatic rings. The molecule has 0 heterocycles. The quantitative estimate of drug-likeness (QED) is 0.534. The van der Waals surface area contributed by atoms with Crippen molar-refractivity contribution in [3.8, 4) is 5.75 Å². The molecular formula is C23H35N3O2. The lowest BCUT2D eigenvalue weighted by molar-refractivity contribution is 0.253. The summed E-state index contributed by atoms with van der Waals surface area (Å²) < 4.78 is 5.83. The second kappa shape index (κ2) is 14.5. The van der Waals surface area contributed by atoms with Crippen LogP contribution in [0.1, 0.15) is 44.7 Å². The van der Waals surface area contributed by atoms with Gasteiger partial charge in [0, 0.05) is 7.05 Å². The van der Waals surface area contributed by atoms with Gasteiger partial charge in [0.15, 0.2) is 0 Å². The summed E-state index contributed by atoms with van der Waals surface area (Å²) in [5, 5.41) is 8.59. The zero-order chi connectivity index (χ0) is 20.6. The van der Waals surface area contributed by atoms with E-state index in [1.54, 1.807) is 7.05 Å². The topological polar surface area (TPSA) is 62.4 Å². The Balaban J connectivity index is 0.000000480. The first-order chi connectivity index (χ1) is 13.6. The van der Waals surface area contributed by atoms with E-state index in [1.807, 2.05) is 48.5 Å². The number of amides is 2. The van der Waals surface area contributed by atoms with Crippen LogP contribution in [0.4, 0.5) is 10.5 Å². The van der Waals surface area contributed by atoms with Crippen LogP contribution < -0.4 is 20.7 Å². The predicted octanol–water partition coefficient (Wildman–Crippen LogP) is 4.98. The van der Waals surface area contributed by atoms with Crippen LogP contribution >= 0.6 is 0 Å². The first-order valence-corrected chi connectivity index (χ1v) is 10.1. The third-order valence-corrected chi connectivity index (χ3v) is 4.12. The number of unbranched alkanes of at least 4 members (excludes halogenated alkanes) is 1. The highest BCUT2D eigenvalue weighted by Gasteiger charge is 2.08. The van der Waals surface area contributed by atoms with Gasteiger partial charge in [-0.15, -0.1) is 0 Å². The smallest absolute Gasteiger partial charge is 0.319 e. The first-order valence-electron chi connectivity index (χ1n) is 10.1. The zero-order valence-corrected chi connectivity index (χ0v) is 17.7. The van der Waals surface area contributed by atoms with E-state index in [0.717, 1.165) is 24.1 Å². The molecule has 5 nitrogen and oxygen atoms in total.